The zero-order valence-corrected chi connectivity index (χ0v) is 15.7. The first-order valence-electron chi connectivity index (χ1n) is 9.25. The van der Waals surface area contributed by atoms with E-state index in [0.717, 1.165) is 34.2 Å². The number of nitrogens with zero attached hydrogens (tertiary/aromatic N) is 1. The Labute approximate surface area is 165 Å². The molecule has 0 aliphatic rings. The third-order valence-corrected chi connectivity index (χ3v) is 4.53. The fourth-order valence-electron chi connectivity index (χ4n) is 3.14. The van der Waals surface area contributed by atoms with Crippen LogP contribution in [0.3, 0.4) is 0 Å². The topological polar surface area (TPSA) is 24.5 Å². The summed E-state index contributed by atoms with van der Waals surface area (Å²) >= 11 is 0. The molecule has 28 heavy (non-hydrogen) atoms. The Morgan fingerprint density at radius 1 is 0.536 bits per heavy atom. The highest BCUT2D eigenvalue weighted by atomic mass is 16.5. The van der Waals surface area contributed by atoms with Crippen LogP contribution in [0.25, 0.3) is 0 Å². The normalized spacial score (nSPS) is 10.3. The third kappa shape index (κ3) is 3.99. The van der Waals surface area contributed by atoms with Crippen molar-refractivity contribution in [3.8, 4) is 5.75 Å². The van der Waals surface area contributed by atoms with Crippen LogP contribution in [0.2, 0.25) is 0 Å². The van der Waals surface area contributed by atoms with E-state index in [4.69, 9.17) is 4.74 Å². The molecular weight excluding hydrogens is 344 g/mol. The van der Waals surface area contributed by atoms with Gasteiger partial charge in [-0.05, 0) is 72.8 Å². The van der Waals surface area contributed by atoms with Gasteiger partial charge in [-0.25, -0.2) is 0 Å². The quantitative estimate of drug-likeness (QED) is 0.401. The zero-order chi connectivity index (χ0) is 19.2. The third-order valence-electron chi connectivity index (χ3n) is 4.53. The maximum absolute atomic E-state index is 5.21. The van der Waals surface area contributed by atoms with E-state index < -0.39 is 0 Å². The molecule has 3 heteroatoms. The molecule has 0 atom stereocenters. The van der Waals surface area contributed by atoms with E-state index in [1.807, 2.05) is 36.4 Å². The number of nitrogens with one attached hydrogen (secondary N) is 1. The molecule has 4 aromatic rings. The molecule has 0 aromatic heterocycles. The van der Waals surface area contributed by atoms with Crippen molar-refractivity contribution in [3.63, 3.8) is 0 Å². The smallest absolute Gasteiger partial charge is 0.119 e. The number of rotatable bonds is 6. The molecule has 4 aromatic carbocycles. The second-order valence-electron chi connectivity index (χ2n) is 6.41. The summed E-state index contributed by atoms with van der Waals surface area (Å²) in [7, 11) is 1.67. The first-order chi connectivity index (χ1) is 13.8. The summed E-state index contributed by atoms with van der Waals surface area (Å²) in [6, 6.07) is 37.2. The highest BCUT2D eigenvalue weighted by Crippen LogP contribution is 2.34. The Hall–Kier alpha value is -3.72. The molecular formula is C25H22N2O. The molecule has 0 fully saturated rings. The lowest BCUT2D eigenvalue weighted by Gasteiger charge is -2.25. The van der Waals surface area contributed by atoms with Gasteiger partial charge >= 0.3 is 0 Å². The lowest BCUT2D eigenvalue weighted by molar-refractivity contribution is 0.415. The minimum Gasteiger partial charge on any atom is -0.497 e. The second-order valence-corrected chi connectivity index (χ2v) is 6.41. The lowest BCUT2D eigenvalue weighted by Crippen LogP contribution is -2.09. The van der Waals surface area contributed by atoms with E-state index in [1.165, 1.54) is 0 Å². The van der Waals surface area contributed by atoms with Crippen molar-refractivity contribution in [1.29, 1.82) is 0 Å². The number of para-hydroxylation sites is 2. The summed E-state index contributed by atoms with van der Waals surface area (Å²) in [5.74, 6) is 0.849. The predicted octanol–water partition coefficient (Wildman–Crippen LogP) is 6.91. The molecule has 0 saturated carbocycles. The van der Waals surface area contributed by atoms with Crippen LogP contribution in [0.1, 0.15) is 0 Å². The molecule has 1 N–H and O–H groups in total. The molecule has 0 heterocycles. The fourth-order valence-corrected chi connectivity index (χ4v) is 3.14. The fraction of sp³-hybridized carbons (Fsp3) is 0.0400. The Morgan fingerprint density at radius 3 is 1.43 bits per heavy atom. The standard InChI is InChI=1S/C25H22N2O/c1-28-25-18-14-21(15-19-25)26-20-12-16-24(17-13-20)27(22-8-4-2-5-9-22)23-10-6-3-7-11-23/h2-19,26H,1H3. The van der Waals surface area contributed by atoms with Crippen LogP contribution in [0, 0.1) is 0 Å². The van der Waals surface area contributed by atoms with E-state index >= 15 is 0 Å². The second kappa shape index (κ2) is 8.31. The SMILES string of the molecule is COc1ccc(Nc2ccc(N(c3ccccc3)c3ccccc3)cc2)cc1. The maximum Gasteiger partial charge on any atom is 0.119 e. The summed E-state index contributed by atoms with van der Waals surface area (Å²) in [4.78, 5) is 2.25. The number of benzene rings is 4. The summed E-state index contributed by atoms with van der Waals surface area (Å²) in [6.45, 7) is 0. The summed E-state index contributed by atoms with van der Waals surface area (Å²) in [5, 5.41) is 3.43. The van der Waals surface area contributed by atoms with Gasteiger partial charge in [-0.15, -0.1) is 0 Å². The minimum atomic E-state index is 0.849. The van der Waals surface area contributed by atoms with Gasteiger partial charge in [0.25, 0.3) is 0 Å². The van der Waals surface area contributed by atoms with Crippen molar-refractivity contribution >= 4 is 28.4 Å². The molecule has 0 aliphatic carbocycles. The molecule has 0 amide bonds. The molecule has 3 nitrogen and oxygen atoms in total. The van der Waals surface area contributed by atoms with Gasteiger partial charge in [0.05, 0.1) is 7.11 Å². The number of methoxy groups -OCH3 is 1. The van der Waals surface area contributed by atoms with E-state index in [2.05, 4.69) is 83.0 Å². The van der Waals surface area contributed by atoms with Crippen LogP contribution in [-0.2, 0) is 0 Å². The predicted molar refractivity (Wildman–Crippen MR) is 117 cm³/mol. The zero-order valence-electron chi connectivity index (χ0n) is 15.7. The van der Waals surface area contributed by atoms with Crippen molar-refractivity contribution in [3.05, 3.63) is 109 Å². The van der Waals surface area contributed by atoms with Gasteiger partial charge in [0, 0.05) is 28.4 Å². The molecule has 4 rings (SSSR count). The lowest BCUT2D eigenvalue weighted by atomic mass is 10.2. The van der Waals surface area contributed by atoms with Crippen LogP contribution >= 0.6 is 0 Å². The largest absolute Gasteiger partial charge is 0.497 e. The highest BCUT2D eigenvalue weighted by Gasteiger charge is 2.11. The average molecular weight is 366 g/mol. The molecule has 0 saturated heterocycles. The number of anilines is 5. The minimum absolute atomic E-state index is 0.849. The molecule has 0 aliphatic heterocycles. The van der Waals surface area contributed by atoms with Crippen molar-refractivity contribution in [2.24, 2.45) is 0 Å². The van der Waals surface area contributed by atoms with Gasteiger partial charge in [-0.1, -0.05) is 36.4 Å². The van der Waals surface area contributed by atoms with Crippen LogP contribution < -0.4 is 15.0 Å². The van der Waals surface area contributed by atoms with Gasteiger partial charge in [-0.3, -0.25) is 0 Å². The summed E-state index contributed by atoms with van der Waals surface area (Å²) < 4.78 is 5.21. The van der Waals surface area contributed by atoms with E-state index in [0.29, 0.717) is 0 Å². The molecule has 0 spiro atoms. The molecule has 0 bridgehead atoms. The van der Waals surface area contributed by atoms with Crippen molar-refractivity contribution in [2.75, 3.05) is 17.3 Å². The molecule has 0 unspecified atom stereocenters. The van der Waals surface area contributed by atoms with E-state index in [9.17, 15) is 0 Å². The summed E-state index contributed by atoms with van der Waals surface area (Å²) in [5.41, 5.74) is 5.43. The van der Waals surface area contributed by atoms with Gasteiger partial charge in [0.2, 0.25) is 0 Å². The van der Waals surface area contributed by atoms with Crippen molar-refractivity contribution in [1.82, 2.24) is 0 Å². The Kier molecular flexibility index (Phi) is 5.25. The maximum atomic E-state index is 5.21. The molecule has 0 radical (unpaired) electrons. The molecule has 138 valence electrons. The number of hydrogen-bond donors (Lipinski definition) is 1. The summed E-state index contributed by atoms with van der Waals surface area (Å²) in [6.07, 6.45) is 0. The van der Waals surface area contributed by atoms with Gasteiger partial charge in [-0.2, -0.15) is 0 Å². The number of hydrogen-bond acceptors (Lipinski definition) is 3. The van der Waals surface area contributed by atoms with Crippen LogP contribution in [-0.4, -0.2) is 7.11 Å². The number of ether oxygens (including phenoxy) is 1. The highest BCUT2D eigenvalue weighted by molar-refractivity contribution is 5.77. The van der Waals surface area contributed by atoms with E-state index in [1.54, 1.807) is 7.11 Å². The monoisotopic (exact) mass is 366 g/mol. The van der Waals surface area contributed by atoms with Crippen molar-refractivity contribution in [2.45, 2.75) is 0 Å². The first kappa shape index (κ1) is 17.7. The Bertz CT molecular complexity index is 958. The van der Waals surface area contributed by atoms with Gasteiger partial charge < -0.3 is 15.0 Å². The van der Waals surface area contributed by atoms with Crippen LogP contribution in [0.15, 0.2) is 109 Å². The Morgan fingerprint density at radius 2 is 0.964 bits per heavy atom. The van der Waals surface area contributed by atoms with Crippen LogP contribution in [0.4, 0.5) is 28.4 Å². The average Bonchev–Trinajstić information content (AvgIpc) is 2.77. The van der Waals surface area contributed by atoms with Crippen LogP contribution in [0.5, 0.6) is 5.75 Å². The van der Waals surface area contributed by atoms with E-state index in [-0.39, 0.29) is 0 Å². The first-order valence-corrected chi connectivity index (χ1v) is 9.25. The van der Waals surface area contributed by atoms with Crippen molar-refractivity contribution < 1.29 is 4.74 Å². The Balaban J connectivity index is 1.61. The van der Waals surface area contributed by atoms with Gasteiger partial charge in [0.15, 0.2) is 0 Å². The van der Waals surface area contributed by atoms with Gasteiger partial charge in [0.1, 0.15) is 5.75 Å².